The number of ether oxygens (including phenoxy) is 1. The summed E-state index contributed by atoms with van der Waals surface area (Å²) < 4.78 is 5.33. The summed E-state index contributed by atoms with van der Waals surface area (Å²) in [7, 11) is 1.33. The van der Waals surface area contributed by atoms with Crippen molar-refractivity contribution in [1.29, 1.82) is 0 Å². The summed E-state index contributed by atoms with van der Waals surface area (Å²) in [4.78, 5) is 29.7. The Labute approximate surface area is 162 Å². The molecule has 1 aromatic carbocycles. The summed E-state index contributed by atoms with van der Waals surface area (Å²) in [6.07, 6.45) is 4.61. The minimum absolute atomic E-state index is 0.137. The third-order valence-corrected chi connectivity index (χ3v) is 5.68. The lowest BCUT2D eigenvalue weighted by atomic mass is 10.1. The summed E-state index contributed by atoms with van der Waals surface area (Å²) in [6, 6.07) is 6.70. The lowest BCUT2D eigenvalue weighted by molar-refractivity contribution is 0.0605. The largest absolute Gasteiger partial charge is 0.507 e. The van der Waals surface area contributed by atoms with Gasteiger partial charge in [0.2, 0.25) is 0 Å². The Balaban J connectivity index is 1.90. The van der Waals surface area contributed by atoms with Gasteiger partial charge in [-0.3, -0.25) is 4.79 Å². The van der Waals surface area contributed by atoms with Gasteiger partial charge in [-0.1, -0.05) is 12.1 Å². The number of phenols is 1. The fourth-order valence-electron chi connectivity index (χ4n) is 2.41. The van der Waals surface area contributed by atoms with Crippen molar-refractivity contribution in [2.45, 2.75) is 6.92 Å². The first-order valence-corrected chi connectivity index (χ1v) is 9.20. The van der Waals surface area contributed by atoms with Crippen LogP contribution in [0.25, 0.3) is 16.3 Å². The Kier molecular flexibility index (Phi) is 5.20. The monoisotopic (exact) mass is 431 g/mol. The molecule has 3 rings (SSSR count). The molecule has 0 bridgehead atoms. The predicted molar refractivity (Wildman–Crippen MR) is 105 cm³/mol. The SMILES string of the molecule is COC(=O)c1sc2ncc(C(=O)/C=C/c3ccc(O)c(Br)c3)cc2c1C. The molecule has 0 aliphatic carbocycles. The van der Waals surface area contributed by atoms with Gasteiger partial charge in [0.25, 0.3) is 0 Å². The molecular weight excluding hydrogens is 418 g/mol. The van der Waals surface area contributed by atoms with Gasteiger partial charge in [0.15, 0.2) is 5.78 Å². The topological polar surface area (TPSA) is 76.5 Å². The zero-order valence-electron chi connectivity index (χ0n) is 13.9. The maximum absolute atomic E-state index is 12.4. The number of aromatic hydroxyl groups is 1. The molecule has 0 amide bonds. The molecule has 0 spiro atoms. The summed E-state index contributed by atoms with van der Waals surface area (Å²) in [5, 5.41) is 10.3. The van der Waals surface area contributed by atoms with Crippen LogP contribution in [0, 0.1) is 6.92 Å². The van der Waals surface area contributed by atoms with Gasteiger partial charge >= 0.3 is 5.97 Å². The fraction of sp³-hybridized carbons (Fsp3) is 0.105. The second-order valence-corrected chi connectivity index (χ2v) is 7.39. The lowest BCUT2D eigenvalue weighted by Crippen LogP contribution is -1.99. The highest BCUT2D eigenvalue weighted by Crippen LogP contribution is 2.30. The van der Waals surface area contributed by atoms with Gasteiger partial charge in [-0.25, -0.2) is 9.78 Å². The third-order valence-electron chi connectivity index (χ3n) is 3.85. The van der Waals surface area contributed by atoms with Gasteiger partial charge in [-0.2, -0.15) is 0 Å². The van der Waals surface area contributed by atoms with Crippen LogP contribution in [0.1, 0.15) is 31.2 Å². The quantitative estimate of drug-likeness (QED) is 0.366. The van der Waals surface area contributed by atoms with Crippen LogP contribution in [0.15, 0.2) is 41.0 Å². The van der Waals surface area contributed by atoms with Crippen LogP contribution in [-0.2, 0) is 4.74 Å². The Bertz CT molecular complexity index is 1060. The molecule has 0 saturated heterocycles. The zero-order chi connectivity index (χ0) is 18.8. The summed E-state index contributed by atoms with van der Waals surface area (Å²) in [6.45, 7) is 1.81. The number of pyridine rings is 1. The first-order chi connectivity index (χ1) is 12.4. The fourth-order valence-corrected chi connectivity index (χ4v) is 3.86. The number of hydrogen-bond acceptors (Lipinski definition) is 6. The molecule has 0 aliphatic heterocycles. The smallest absolute Gasteiger partial charge is 0.348 e. The van der Waals surface area contributed by atoms with Gasteiger partial charge in [-0.05, 0) is 58.3 Å². The molecule has 0 saturated carbocycles. The molecule has 26 heavy (non-hydrogen) atoms. The number of benzene rings is 1. The van der Waals surface area contributed by atoms with Crippen molar-refractivity contribution in [1.82, 2.24) is 4.98 Å². The Morgan fingerprint density at radius 2 is 2.08 bits per heavy atom. The van der Waals surface area contributed by atoms with E-state index in [0.29, 0.717) is 19.7 Å². The van der Waals surface area contributed by atoms with Crippen LogP contribution in [0.2, 0.25) is 0 Å². The molecule has 2 heterocycles. The van der Waals surface area contributed by atoms with Crippen molar-refractivity contribution in [3.8, 4) is 5.75 Å². The maximum Gasteiger partial charge on any atom is 0.348 e. The molecule has 0 atom stereocenters. The minimum Gasteiger partial charge on any atom is -0.507 e. The summed E-state index contributed by atoms with van der Waals surface area (Å²) >= 11 is 4.48. The number of rotatable bonds is 4. The van der Waals surface area contributed by atoms with Crippen molar-refractivity contribution in [3.05, 3.63) is 62.6 Å². The average molecular weight is 432 g/mol. The highest BCUT2D eigenvalue weighted by Gasteiger charge is 2.17. The summed E-state index contributed by atoms with van der Waals surface area (Å²) in [5.41, 5.74) is 1.96. The van der Waals surface area contributed by atoms with Crippen LogP contribution in [0.3, 0.4) is 0 Å². The molecular formula is C19H14BrNO4S. The Hall–Kier alpha value is -2.51. The number of halogens is 1. The maximum atomic E-state index is 12.4. The number of carbonyl (C=O) groups is 2. The predicted octanol–water partition coefficient (Wildman–Crippen LogP) is 4.76. The number of aromatic nitrogens is 1. The van der Waals surface area contributed by atoms with Crippen LogP contribution in [0.4, 0.5) is 0 Å². The van der Waals surface area contributed by atoms with Crippen LogP contribution in [-0.4, -0.2) is 29.0 Å². The number of thiophene rings is 1. The van der Waals surface area contributed by atoms with E-state index in [0.717, 1.165) is 16.5 Å². The van der Waals surface area contributed by atoms with E-state index < -0.39 is 5.97 Å². The Morgan fingerprint density at radius 3 is 2.77 bits per heavy atom. The number of methoxy groups -OCH3 is 1. The number of carbonyl (C=O) groups excluding carboxylic acids is 2. The number of ketones is 1. The molecule has 0 aliphatic rings. The molecule has 0 unspecified atom stereocenters. The number of hydrogen-bond donors (Lipinski definition) is 1. The van der Waals surface area contributed by atoms with E-state index in [1.54, 1.807) is 30.3 Å². The zero-order valence-corrected chi connectivity index (χ0v) is 16.3. The standard InChI is InChI=1S/C19H14BrNO4S/c1-10-13-8-12(9-21-18(13)26-17(10)19(24)25-2)15(22)5-3-11-4-6-16(23)14(20)7-11/h3-9,23H,1-2H3/b5-3+. The number of fused-ring (bicyclic) bond motifs is 1. The molecule has 132 valence electrons. The van der Waals surface area contributed by atoms with Gasteiger partial charge < -0.3 is 9.84 Å². The average Bonchev–Trinajstić information content (AvgIpc) is 2.98. The molecule has 7 heteroatoms. The van der Waals surface area contributed by atoms with E-state index in [-0.39, 0.29) is 11.5 Å². The third kappa shape index (κ3) is 3.54. The number of phenolic OH excluding ortho intramolecular Hbond substituents is 1. The normalized spacial score (nSPS) is 11.2. The van der Waals surface area contributed by atoms with Crippen molar-refractivity contribution in [2.75, 3.05) is 7.11 Å². The molecule has 0 fully saturated rings. The molecule has 0 radical (unpaired) electrons. The number of esters is 1. The number of allylic oxidation sites excluding steroid dienone is 1. The van der Waals surface area contributed by atoms with Crippen LogP contribution >= 0.6 is 27.3 Å². The van der Waals surface area contributed by atoms with Crippen molar-refractivity contribution >= 4 is 55.3 Å². The molecule has 1 N–H and O–H groups in total. The van der Waals surface area contributed by atoms with E-state index in [4.69, 9.17) is 4.74 Å². The van der Waals surface area contributed by atoms with Crippen LogP contribution in [0.5, 0.6) is 5.75 Å². The molecule has 3 aromatic rings. The number of nitrogens with zero attached hydrogens (tertiary/aromatic N) is 1. The van der Waals surface area contributed by atoms with Crippen LogP contribution < -0.4 is 0 Å². The Morgan fingerprint density at radius 1 is 1.31 bits per heavy atom. The van der Waals surface area contributed by atoms with E-state index in [1.807, 2.05) is 6.92 Å². The molecule has 2 aromatic heterocycles. The minimum atomic E-state index is -0.406. The second kappa shape index (κ2) is 7.39. The van der Waals surface area contributed by atoms with Gasteiger partial charge in [0.1, 0.15) is 15.5 Å². The second-order valence-electron chi connectivity index (χ2n) is 5.53. The van der Waals surface area contributed by atoms with Gasteiger partial charge in [0.05, 0.1) is 11.6 Å². The number of aryl methyl sites for hydroxylation is 1. The van der Waals surface area contributed by atoms with E-state index in [2.05, 4.69) is 20.9 Å². The first-order valence-electron chi connectivity index (χ1n) is 7.59. The first kappa shape index (κ1) is 18.3. The van der Waals surface area contributed by atoms with Gasteiger partial charge in [0, 0.05) is 17.1 Å². The van der Waals surface area contributed by atoms with Crippen molar-refractivity contribution < 1.29 is 19.4 Å². The van der Waals surface area contributed by atoms with Crippen molar-refractivity contribution in [2.24, 2.45) is 0 Å². The van der Waals surface area contributed by atoms with E-state index >= 15 is 0 Å². The summed E-state index contributed by atoms with van der Waals surface area (Å²) in [5.74, 6) is -0.470. The van der Waals surface area contributed by atoms with Crippen molar-refractivity contribution in [3.63, 3.8) is 0 Å². The van der Waals surface area contributed by atoms with E-state index in [9.17, 15) is 14.7 Å². The lowest BCUT2D eigenvalue weighted by Gasteiger charge is -1.99. The highest BCUT2D eigenvalue weighted by molar-refractivity contribution is 9.10. The van der Waals surface area contributed by atoms with E-state index in [1.165, 1.54) is 30.7 Å². The highest BCUT2D eigenvalue weighted by atomic mass is 79.9. The molecule has 5 nitrogen and oxygen atoms in total. The van der Waals surface area contributed by atoms with Gasteiger partial charge in [-0.15, -0.1) is 11.3 Å².